The van der Waals surface area contributed by atoms with Crippen LogP contribution in [0.4, 0.5) is 18.3 Å². The number of fused-ring (bicyclic) bond motifs is 1. The third kappa shape index (κ3) is 4.60. The molecule has 25 heavy (non-hydrogen) atoms. The van der Waals surface area contributed by atoms with Crippen LogP contribution in [-0.2, 0) is 4.79 Å². The quantitative estimate of drug-likeness (QED) is 0.889. The van der Waals surface area contributed by atoms with Crippen molar-refractivity contribution in [3.05, 3.63) is 18.2 Å². The molecule has 1 amide bonds. The summed E-state index contributed by atoms with van der Waals surface area (Å²) < 4.78 is 42.1. The molecular formula is C16H18F3N3O2S. The Hall–Kier alpha value is -1.87. The minimum Gasteiger partial charge on any atom is -0.484 e. The molecule has 1 aliphatic rings. The van der Waals surface area contributed by atoms with E-state index in [9.17, 15) is 18.0 Å². The molecule has 0 spiro atoms. The number of hydrogen-bond donors (Lipinski definition) is 1. The first-order valence-corrected chi connectivity index (χ1v) is 8.75. The number of likely N-dealkylation sites (tertiary alicyclic amines) is 1. The molecular weight excluding hydrogens is 355 g/mol. The molecule has 1 aromatic carbocycles. The molecule has 1 aromatic heterocycles. The molecule has 1 N–H and O–H groups in total. The summed E-state index contributed by atoms with van der Waals surface area (Å²) in [5.41, 5.74) is 0.608. The zero-order chi connectivity index (χ0) is 18.0. The van der Waals surface area contributed by atoms with E-state index in [0.29, 0.717) is 15.3 Å². The number of benzene rings is 1. The lowest BCUT2D eigenvalue weighted by molar-refractivity contribution is -0.153. The van der Waals surface area contributed by atoms with Crippen molar-refractivity contribution < 1.29 is 22.7 Å². The fourth-order valence-corrected chi connectivity index (χ4v) is 3.71. The first-order valence-electron chi connectivity index (χ1n) is 7.93. The van der Waals surface area contributed by atoms with E-state index in [4.69, 9.17) is 4.74 Å². The number of carbonyl (C=O) groups is 1. The number of alkyl halides is 3. The van der Waals surface area contributed by atoms with Crippen molar-refractivity contribution in [1.29, 1.82) is 0 Å². The Morgan fingerprint density at radius 3 is 2.96 bits per heavy atom. The van der Waals surface area contributed by atoms with Crippen LogP contribution in [0, 0.1) is 0 Å². The molecule has 0 saturated carbocycles. The number of amides is 1. The van der Waals surface area contributed by atoms with Gasteiger partial charge in [-0.25, -0.2) is 4.98 Å². The van der Waals surface area contributed by atoms with Crippen LogP contribution in [0.25, 0.3) is 10.2 Å². The smallest absolute Gasteiger partial charge is 0.422 e. The molecule has 136 valence electrons. The van der Waals surface area contributed by atoms with Gasteiger partial charge in [0.25, 0.3) is 0 Å². The largest absolute Gasteiger partial charge is 0.484 e. The van der Waals surface area contributed by atoms with Gasteiger partial charge in [0.2, 0.25) is 5.91 Å². The highest BCUT2D eigenvalue weighted by Crippen LogP contribution is 2.30. The van der Waals surface area contributed by atoms with Crippen molar-refractivity contribution >= 4 is 32.6 Å². The number of piperidine rings is 1. The molecule has 0 aliphatic carbocycles. The van der Waals surface area contributed by atoms with Gasteiger partial charge in [0, 0.05) is 0 Å². The van der Waals surface area contributed by atoms with Crippen LogP contribution in [0.15, 0.2) is 18.2 Å². The molecule has 9 heteroatoms. The molecule has 0 radical (unpaired) electrons. The number of rotatable bonds is 4. The number of aromatic nitrogens is 1. The lowest BCUT2D eigenvalue weighted by atomic mass is 10.0. The molecule has 1 unspecified atom stereocenters. The number of likely N-dealkylation sites (N-methyl/N-ethyl adjacent to an activating group) is 1. The fraction of sp³-hybridized carbons (Fsp3) is 0.500. The Balaban J connectivity index is 1.69. The van der Waals surface area contributed by atoms with Crippen molar-refractivity contribution in [2.75, 3.05) is 25.5 Å². The number of halogens is 3. The molecule has 3 rings (SSSR count). The van der Waals surface area contributed by atoms with Crippen LogP contribution < -0.4 is 10.1 Å². The first-order chi connectivity index (χ1) is 11.8. The summed E-state index contributed by atoms with van der Waals surface area (Å²) in [6.45, 7) is -0.452. The van der Waals surface area contributed by atoms with E-state index in [2.05, 4.69) is 10.3 Å². The van der Waals surface area contributed by atoms with Gasteiger partial charge in [-0.1, -0.05) is 17.8 Å². The minimum absolute atomic E-state index is 0.102. The third-order valence-electron chi connectivity index (χ3n) is 4.07. The van der Waals surface area contributed by atoms with Crippen LogP contribution in [-0.4, -0.2) is 48.2 Å². The summed E-state index contributed by atoms with van der Waals surface area (Å²) in [5.74, 6) is 0.0215. The van der Waals surface area contributed by atoms with E-state index in [-0.39, 0.29) is 17.7 Å². The number of anilines is 1. The second-order valence-electron chi connectivity index (χ2n) is 6.03. The number of thiazole rings is 1. The van der Waals surface area contributed by atoms with Gasteiger partial charge in [-0.15, -0.1) is 0 Å². The summed E-state index contributed by atoms with van der Waals surface area (Å²) in [4.78, 5) is 18.7. The Morgan fingerprint density at radius 1 is 1.44 bits per heavy atom. The van der Waals surface area contributed by atoms with Gasteiger partial charge in [-0.05, 0) is 44.6 Å². The zero-order valence-electron chi connectivity index (χ0n) is 13.6. The molecule has 1 atom stereocenters. The van der Waals surface area contributed by atoms with Gasteiger partial charge in [-0.3, -0.25) is 9.69 Å². The van der Waals surface area contributed by atoms with E-state index in [1.54, 1.807) is 6.07 Å². The van der Waals surface area contributed by atoms with E-state index in [0.717, 1.165) is 25.8 Å². The summed E-state index contributed by atoms with van der Waals surface area (Å²) >= 11 is 1.22. The maximum atomic E-state index is 12.4. The van der Waals surface area contributed by atoms with Crippen molar-refractivity contribution in [2.45, 2.75) is 31.5 Å². The van der Waals surface area contributed by atoms with Gasteiger partial charge in [0.05, 0.1) is 16.3 Å². The number of nitrogens with zero attached hydrogens (tertiary/aromatic N) is 2. The predicted molar refractivity (Wildman–Crippen MR) is 90.1 cm³/mol. The normalized spacial score (nSPS) is 19.1. The highest BCUT2D eigenvalue weighted by Gasteiger charge is 2.29. The van der Waals surface area contributed by atoms with Gasteiger partial charge in [0.1, 0.15) is 5.75 Å². The van der Waals surface area contributed by atoms with Crippen molar-refractivity contribution in [1.82, 2.24) is 9.88 Å². The number of nitrogens with one attached hydrogen (secondary N) is 1. The highest BCUT2D eigenvalue weighted by atomic mass is 32.1. The second kappa shape index (κ2) is 7.17. The van der Waals surface area contributed by atoms with E-state index >= 15 is 0 Å². The molecule has 0 bridgehead atoms. The lowest BCUT2D eigenvalue weighted by Gasteiger charge is -2.30. The predicted octanol–water partition coefficient (Wildman–Crippen LogP) is 3.66. The Kier molecular flexibility index (Phi) is 5.14. The summed E-state index contributed by atoms with van der Waals surface area (Å²) in [5, 5.41) is 3.25. The number of carbonyl (C=O) groups excluding carboxylic acids is 1. The Bertz CT molecular complexity index is 763. The molecule has 2 heterocycles. The minimum atomic E-state index is -4.38. The van der Waals surface area contributed by atoms with Gasteiger partial charge < -0.3 is 10.1 Å². The van der Waals surface area contributed by atoms with Gasteiger partial charge in [0.15, 0.2) is 11.7 Å². The summed E-state index contributed by atoms with van der Waals surface area (Å²) in [7, 11) is 1.92. The molecule has 1 saturated heterocycles. The summed E-state index contributed by atoms with van der Waals surface area (Å²) in [6.07, 6.45) is -1.47. The van der Waals surface area contributed by atoms with Crippen LogP contribution in [0.2, 0.25) is 0 Å². The van der Waals surface area contributed by atoms with E-state index in [1.165, 1.54) is 23.5 Å². The molecule has 1 aliphatic heterocycles. The molecule has 2 aromatic rings. The van der Waals surface area contributed by atoms with Gasteiger partial charge in [-0.2, -0.15) is 13.2 Å². The Morgan fingerprint density at radius 2 is 2.24 bits per heavy atom. The number of ether oxygens (including phenoxy) is 1. The maximum absolute atomic E-state index is 12.4. The maximum Gasteiger partial charge on any atom is 0.422 e. The van der Waals surface area contributed by atoms with E-state index < -0.39 is 12.8 Å². The van der Waals surface area contributed by atoms with Crippen molar-refractivity contribution in [3.63, 3.8) is 0 Å². The van der Waals surface area contributed by atoms with Crippen LogP contribution in [0.3, 0.4) is 0 Å². The third-order valence-corrected chi connectivity index (χ3v) is 5.00. The highest BCUT2D eigenvalue weighted by molar-refractivity contribution is 7.22. The van der Waals surface area contributed by atoms with Crippen molar-refractivity contribution in [3.8, 4) is 5.75 Å². The topological polar surface area (TPSA) is 54.5 Å². The lowest BCUT2D eigenvalue weighted by Crippen LogP contribution is -2.44. The second-order valence-corrected chi connectivity index (χ2v) is 7.06. The average Bonchev–Trinajstić information content (AvgIpc) is 2.94. The molecule has 5 nitrogen and oxygen atoms in total. The van der Waals surface area contributed by atoms with Gasteiger partial charge >= 0.3 is 6.18 Å². The van der Waals surface area contributed by atoms with Crippen LogP contribution in [0.1, 0.15) is 19.3 Å². The fourth-order valence-electron chi connectivity index (χ4n) is 2.81. The zero-order valence-corrected chi connectivity index (χ0v) is 14.4. The standard InChI is InChI=1S/C16H18F3N3O2S/c1-22-7-3-2-4-12(22)14(23)21-15-20-11-6-5-10(8-13(11)25-15)24-9-16(17,18)19/h5-6,8,12H,2-4,7,9H2,1H3,(H,20,21,23). The average molecular weight is 373 g/mol. The van der Waals surface area contributed by atoms with E-state index in [1.807, 2.05) is 11.9 Å². The monoisotopic (exact) mass is 373 g/mol. The first kappa shape index (κ1) is 17.9. The summed E-state index contributed by atoms with van der Waals surface area (Å²) in [6, 6.07) is 4.35. The van der Waals surface area contributed by atoms with Crippen molar-refractivity contribution in [2.24, 2.45) is 0 Å². The molecule has 1 fully saturated rings. The van der Waals surface area contributed by atoms with Crippen LogP contribution in [0.5, 0.6) is 5.75 Å². The Labute approximate surface area is 146 Å². The SMILES string of the molecule is CN1CCCCC1C(=O)Nc1nc2ccc(OCC(F)(F)F)cc2s1. The number of hydrogen-bond acceptors (Lipinski definition) is 5. The van der Waals surface area contributed by atoms with Crippen LogP contribution >= 0.6 is 11.3 Å².